The monoisotopic (exact) mass is 300 g/mol. The Labute approximate surface area is 119 Å². The average molecular weight is 300 g/mol. The van der Waals surface area contributed by atoms with E-state index in [-0.39, 0.29) is 18.6 Å². The highest BCUT2D eigenvalue weighted by Crippen LogP contribution is 2.14. The number of carboxylic acids is 1. The Morgan fingerprint density at radius 1 is 1.45 bits per heavy atom. The number of nitrogens with one attached hydrogen (secondary N) is 1. The number of pyridine rings is 1. The van der Waals surface area contributed by atoms with Gasteiger partial charge in [0.15, 0.2) is 0 Å². The molecule has 0 spiro atoms. The summed E-state index contributed by atoms with van der Waals surface area (Å²) in [4.78, 5) is 15.3. The van der Waals surface area contributed by atoms with Crippen LogP contribution in [-0.2, 0) is 21.2 Å². The first-order valence-corrected chi connectivity index (χ1v) is 8.09. The van der Waals surface area contributed by atoms with Gasteiger partial charge in [0.2, 0.25) is 10.0 Å². The number of carboxylic acid groups (broad SMARTS) is 1. The Bertz CT molecular complexity index is 545. The predicted molar refractivity (Wildman–Crippen MR) is 75.8 cm³/mol. The van der Waals surface area contributed by atoms with E-state index in [2.05, 4.69) is 9.71 Å². The zero-order chi connectivity index (χ0) is 15.2. The second-order valence-electron chi connectivity index (χ2n) is 4.88. The lowest BCUT2D eigenvalue weighted by atomic mass is 9.98. The number of hydrogen-bond donors (Lipinski definition) is 2. The van der Waals surface area contributed by atoms with Crippen LogP contribution in [0.5, 0.6) is 0 Å². The number of rotatable bonds is 8. The highest BCUT2D eigenvalue weighted by atomic mass is 32.2. The molecular formula is C13H20N2O4S. The second kappa shape index (κ2) is 6.81. The fraction of sp³-hybridized carbons (Fsp3) is 0.538. The Balaban J connectivity index is 2.71. The van der Waals surface area contributed by atoms with E-state index in [4.69, 9.17) is 0 Å². The van der Waals surface area contributed by atoms with Crippen LogP contribution in [-0.4, -0.2) is 35.8 Å². The topological polar surface area (TPSA) is 96.4 Å². The van der Waals surface area contributed by atoms with Gasteiger partial charge in [-0.05, 0) is 25.5 Å². The molecule has 1 heterocycles. The highest BCUT2D eigenvalue weighted by Gasteiger charge is 2.36. The van der Waals surface area contributed by atoms with Crippen LogP contribution in [0.15, 0.2) is 24.4 Å². The summed E-state index contributed by atoms with van der Waals surface area (Å²) < 4.78 is 26.3. The van der Waals surface area contributed by atoms with E-state index in [1.54, 1.807) is 24.4 Å². The molecule has 0 saturated carbocycles. The number of aliphatic carboxylic acids is 1. The molecular weight excluding hydrogens is 280 g/mol. The van der Waals surface area contributed by atoms with Crippen molar-refractivity contribution in [3.8, 4) is 0 Å². The Morgan fingerprint density at radius 2 is 2.15 bits per heavy atom. The third-order valence-corrected chi connectivity index (χ3v) is 4.46. The van der Waals surface area contributed by atoms with Gasteiger partial charge in [-0.15, -0.1) is 0 Å². The van der Waals surface area contributed by atoms with Crippen LogP contribution in [0.4, 0.5) is 0 Å². The molecule has 0 aromatic carbocycles. The molecule has 0 amide bonds. The molecule has 20 heavy (non-hydrogen) atoms. The molecule has 2 N–H and O–H groups in total. The third-order valence-electron chi connectivity index (χ3n) is 2.96. The molecule has 7 heteroatoms. The van der Waals surface area contributed by atoms with Crippen molar-refractivity contribution < 1.29 is 18.3 Å². The number of carbonyl (C=O) groups is 1. The van der Waals surface area contributed by atoms with Gasteiger partial charge in [-0.25, -0.2) is 8.42 Å². The molecule has 1 atom stereocenters. The number of aromatic nitrogens is 1. The van der Waals surface area contributed by atoms with Crippen molar-refractivity contribution in [2.24, 2.45) is 0 Å². The van der Waals surface area contributed by atoms with Crippen LogP contribution in [0.3, 0.4) is 0 Å². The van der Waals surface area contributed by atoms with Crippen molar-refractivity contribution in [1.82, 2.24) is 9.71 Å². The minimum absolute atomic E-state index is 0.184. The summed E-state index contributed by atoms with van der Waals surface area (Å²) in [5.41, 5.74) is -0.803. The third kappa shape index (κ3) is 4.90. The summed E-state index contributed by atoms with van der Waals surface area (Å²) in [5, 5.41) is 9.17. The summed E-state index contributed by atoms with van der Waals surface area (Å²) in [5.74, 6) is -1.35. The summed E-state index contributed by atoms with van der Waals surface area (Å²) in [7, 11) is -3.68. The van der Waals surface area contributed by atoms with Crippen molar-refractivity contribution in [1.29, 1.82) is 0 Å². The summed E-state index contributed by atoms with van der Waals surface area (Å²) >= 11 is 0. The largest absolute Gasteiger partial charge is 0.480 e. The maximum absolute atomic E-state index is 12.0. The lowest BCUT2D eigenvalue weighted by Gasteiger charge is -2.25. The van der Waals surface area contributed by atoms with Crippen molar-refractivity contribution in [3.63, 3.8) is 0 Å². The number of sulfonamides is 1. The molecule has 0 fully saturated rings. The van der Waals surface area contributed by atoms with E-state index in [9.17, 15) is 18.3 Å². The molecule has 0 aliphatic heterocycles. The van der Waals surface area contributed by atoms with E-state index in [1.165, 1.54) is 6.92 Å². The molecule has 1 aromatic heterocycles. The number of aryl methyl sites for hydroxylation is 1. The van der Waals surface area contributed by atoms with Gasteiger partial charge in [0.1, 0.15) is 5.54 Å². The quantitative estimate of drug-likeness (QED) is 0.751. The lowest BCUT2D eigenvalue weighted by molar-refractivity contribution is -0.143. The van der Waals surface area contributed by atoms with Gasteiger partial charge < -0.3 is 5.11 Å². The van der Waals surface area contributed by atoms with Crippen molar-refractivity contribution in [3.05, 3.63) is 30.1 Å². The van der Waals surface area contributed by atoms with Gasteiger partial charge in [0.05, 0.1) is 5.75 Å². The van der Waals surface area contributed by atoms with Gasteiger partial charge in [-0.2, -0.15) is 4.72 Å². The normalized spacial score (nSPS) is 14.7. The molecule has 0 aliphatic rings. The van der Waals surface area contributed by atoms with Crippen LogP contribution in [0, 0.1) is 0 Å². The van der Waals surface area contributed by atoms with Gasteiger partial charge in [0, 0.05) is 18.3 Å². The second-order valence-corrected chi connectivity index (χ2v) is 6.72. The number of hydrogen-bond acceptors (Lipinski definition) is 4. The minimum atomic E-state index is -3.68. The van der Waals surface area contributed by atoms with E-state index >= 15 is 0 Å². The fourth-order valence-corrected chi connectivity index (χ4v) is 3.34. The first kappa shape index (κ1) is 16.6. The van der Waals surface area contributed by atoms with Crippen molar-refractivity contribution in [2.75, 3.05) is 5.75 Å². The molecule has 1 aromatic rings. The Kier molecular flexibility index (Phi) is 5.64. The summed E-state index contributed by atoms with van der Waals surface area (Å²) in [6.45, 7) is 3.19. The summed E-state index contributed by atoms with van der Waals surface area (Å²) in [6, 6.07) is 5.26. The van der Waals surface area contributed by atoms with Crippen LogP contribution in [0.1, 0.15) is 32.4 Å². The van der Waals surface area contributed by atoms with Gasteiger partial charge in [-0.3, -0.25) is 9.78 Å². The fourth-order valence-electron chi connectivity index (χ4n) is 1.88. The number of nitrogens with zero attached hydrogens (tertiary/aromatic N) is 1. The SMILES string of the molecule is CCCC(C)(NS(=O)(=O)CCc1ccccn1)C(=O)O. The van der Waals surface area contributed by atoms with E-state index in [0.29, 0.717) is 12.1 Å². The molecule has 0 aliphatic carbocycles. The molecule has 1 rings (SSSR count). The molecule has 1 unspecified atom stereocenters. The first-order valence-electron chi connectivity index (χ1n) is 6.44. The molecule has 0 radical (unpaired) electrons. The lowest BCUT2D eigenvalue weighted by Crippen LogP contribution is -2.52. The van der Waals surface area contributed by atoms with Gasteiger partial charge in [-0.1, -0.05) is 19.4 Å². The zero-order valence-corrected chi connectivity index (χ0v) is 12.5. The smallest absolute Gasteiger partial charge is 0.324 e. The maximum Gasteiger partial charge on any atom is 0.324 e. The van der Waals surface area contributed by atoms with E-state index < -0.39 is 21.5 Å². The van der Waals surface area contributed by atoms with Gasteiger partial charge >= 0.3 is 5.97 Å². The molecule has 0 bridgehead atoms. The predicted octanol–water partition coefficient (Wildman–Crippen LogP) is 1.19. The zero-order valence-electron chi connectivity index (χ0n) is 11.7. The highest BCUT2D eigenvalue weighted by molar-refractivity contribution is 7.89. The first-order chi connectivity index (χ1) is 9.29. The van der Waals surface area contributed by atoms with Crippen molar-refractivity contribution >= 4 is 16.0 Å². The molecule has 112 valence electrons. The Morgan fingerprint density at radius 3 is 2.65 bits per heavy atom. The summed E-state index contributed by atoms with van der Waals surface area (Å²) in [6.07, 6.45) is 2.66. The van der Waals surface area contributed by atoms with Crippen molar-refractivity contribution in [2.45, 2.75) is 38.6 Å². The Hall–Kier alpha value is -1.47. The van der Waals surface area contributed by atoms with Crippen LogP contribution < -0.4 is 4.72 Å². The standard InChI is InChI=1S/C13H20N2O4S/c1-3-8-13(2,12(16)17)15-20(18,19)10-7-11-6-4-5-9-14-11/h4-6,9,15H,3,7-8,10H2,1-2H3,(H,16,17). The van der Waals surface area contributed by atoms with E-state index in [1.807, 2.05) is 6.92 Å². The van der Waals surface area contributed by atoms with Crippen LogP contribution in [0.25, 0.3) is 0 Å². The van der Waals surface area contributed by atoms with Crippen LogP contribution in [0.2, 0.25) is 0 Å². The van der Waals surface area contributed by atoms with Crippen LogP contribution >= 0.6 is 0 Å². The maximum atomic E-state index is 12.0. The minimum Gasteiger partial charge on any atom is -0.480 e. The molecule has 6 nitrogen and oxygen atoms in total. The average Bonchev–Trinajstić information content (AvgIpc) is 2.37. The molecule has 0 saturated heterocycles. The van der Waals surface area contributed by atoms with Gasteiger partial charge in [0.25, 0.3) is 0 Å². The van der Waals surface area contributed by atoms with E-state index in [0.717, 1.165) is 0 Å².